The molecule has 0 aliphatic heterocycles. The van der Waals surface area contributed by atoms with E-state index in [4.69, 9.17) is 26.3 Å². The van der Waals surface area contributed by atoms with E-state index < -0.39 is 78.6 Å². The Morgan fingerprint density at radius 2 is 0.973 bits per heavy atom. The van der Waals surface area contributed by atoms with E-state index >= 15 is 0 Å². The quantitative estimate of drug-likeness (QED) is 0.221. The van der Waals surface area contributed by atoms with E-state index in [2.05, 4.69) is 0 Å². The highest BCUT2D eigenvalue weighted by Crippen LogP contribution is 2.47. The molecule has 0 unspecified atom stereocenters. The Morgan fingerprint density at radius 1 is 0.405 bits per heavy atom. The predicted molar refractivity (Wildman–Crippen MR) is 157 cm³/mol. The van der Waals surface area contributed by atoms with E-state index in [9.17, 15) is 1.37 Å². The summed E-state index contributed by atoms with van der Waals surface area (Å²) in [6, 6.07) is -2.11. The topological polar surface area (TPSA) is 13.1 Å². The Morgan fingerprint density at radius 3 is 1.70 bits per heavy atom. The highest BCUT2D eigenvalue weighted by molar-refractivity contribution is 6.26. The van der Waals surface area contributed by atoms with Gasteiger partial charge >= 0.3 is 0 Å². The van der Waals surface area contributed by atoms with Crippen molar-refractivity contribution in [1.82, 2.24) is 0 Å². The van der Waals surface area contributed by atoms with Gasteiger partial charge in [0.05, 0.1) is 23.3 Å². The predicted octanol–water partition coefficient (Wildman–Crippen LogP) is 10.4. The van der Waals surface area contributed by atoms with Gasteiger partial charge in [-0.05, 0) is 66.7 Å². The summed E-state index contributed by atoms with van der Waals surface area (Å²) in [5, 5.41) is -0.214. The summed E-state index contributed by atoms with van der Waals surface area (Å²) in [5.74, 6) is 0. The molecule has 0 N–H and O–H groups in total. The molecular weight excluding hydrogens is 448 g/mol. The van der Waals surface area contributed by atoms with Gasteiger partial charge in [0.1, 0.15) is 11.2 Å². The summed E-state index contributed by atoms with van der Waals surface area (Å²) >= 11 is 0. The monoisotopic (exact) mass is 487 g/mol. The van der Waals surface area contributed by atoms with Crippen LogP contribution >= 0.6 is 0 Å². The SMILES string of the molecule is [2H]c1cc2c(-c3cc([2H])c([2H])c4c([2H])c([2H])c([2H])c([2H])c34)c3cc([2H])c([2H])cc3c(-c3c([2H])c([2H])c([2H])c4oc5c([2H])c([2H])c([2H])c([2H])c5c34)c2cc1[2H]. The van der Waals surface area contributed by atoms with E-state index in [0.29, 0.717) is 0 Å². The molecule has 0 spiro atoms. The molecule has 8 rings (SSSR count). The molecule has 7 aromatic carbocycles. The average Bonchev–Trinajstić information content (AvgIpc) is 3.53. The minimum Gasteiger partial charge on any atom is -0.456 e. The molecule has 8 aromatic rings. The first-order valence-corrected chi connectivity index (χ1v) is 11.3. The molecule has 1 nitrogen and oxygen atoms in total. The average molecular weight is 488 g/mol. The molecule has 0 fully saturated rings. The third-order valence-corrected chi connectivity index (χ3v) is 6.53. The van der Waals surface area contributed by atoms with Gasteiger partial charge in [0.2, 0.25) is 0 Å². The van der Waals surface area contributed by atoms with Crippen molar-refractivity contribution in [1.29, 1.82) is 0 Å². The highest BCUT2D eigenvalue weighted by Gasteiger charge is 2.20. The summed E-state index contributed by atoms with van der Waals surface area (Å²) in [6.07, 6.45) is 0. The molecule has 37 heavy (non-hydrogen) atoms. The Kier molecular flexibility index (Phi) is 2.09. The largest absolute Gasteiger partial charge is 0.456 e. The second-order valence-corrected chi connectivity index (χ2v) is 8.40. The minimum atomic E-state index is -0.629. The highest BCUT2D eigenvalue weighted by atomic mass is 16.3. The smallest absolute Gasteiger partial charge is 0.136 e. The van der Waals surface area contributed by atoms with Gasteiger partial charge < -0.3 is 4.42 Å². The fraction of sp³-hybridized carbons (Fsp3) is 0. The molecule has 0 saturated carbocycles. The molecular formula is C36H22O. The van der Waals surface area contributed by atoms with Crippen LogP contribution in [-0.2, 0) is 0 Å². The van der Waals surface area contributed by atoms with Crippen molar-refractivity contribution < 1.29 is 27.7 Å². The number of benzene rings is 7. The Balaban J connectivity index is 1.72. The van der Waals surface area contributed by atoms with E-state index in [0.717, 1.165) is 0 Å². The summed E-state index contributed by atoms with van der Waals surface area (Å²) in [5.41, 5.74) is -0.616. The third-order valence-electron chi connectivity index (χ3n) is 6.53. The molecule has 1 heteroatoms. The molecule has 1 heterocycles. The van der Waals surface area contributed by atoms with Gasteiger partial charge in [-0.3, -0.25) is 0 Å². The zero-order valence-corrected chi connectivity index (χ0v) is 18.8. The van der Waals surface area contributed by atoms with Gasteiger partial charge in [0, 0.05) is 10.8 Å². The Labute approximate surface area is 238 Å². The van der Waals surface area contributed by atoms with E-state index in [1.54, 1.807) is 0 Å². The number of fused-ring (bicyclic) bond motifs is 6. The van der Waals surface area contributed by atoms with Crippen LogP contribution in [0.1, 0.15) is 23.3 Å². The summed E-state index contributed by atoms with van der Waals surface area (Å²) in [7, 11) is 0. The minimum absolute atomic E-state index is 0.0237. The van der Waals surface area contributed by atoms with Crippen LogP contribution in [0.2, 0.25) is 0 Å². The van der Waals surface area contributed by atoms with E-state index in [1.807, 2.05) is 0 Å². The number of rotatable bonds is 2. The second-order valence-electron chi connectivity index (χ2n) is 8.40. The maximum absolute atomic E-state index is 9.27. The van der Waals surface area contributed by atoms with Gasteiger partial charge in [-0.25, -0.2) is 0 Å². The fourth-order valence-corrected chi connectivity index (χ4v) is 5.05. The van der Waals surface area contributed by atoms with Gasteiger partial charge in [0.25, 0.3) is 0 Å². The zero-order valence-electron chi connectivity index (χ0n) is 35.8. The standard InChI is InChI=1S/C36H22O/c1-2-13-24-23(11-1)12-9-19-25(24)34-26-14-3-5-16-28(26)35(29-17-6-4-15-27(29)34)31-20-10-22-33-36(31)30-18-7-8-21-32(30)37-33/h1-22H/i1D,2D,3D,4D,5D,6D,7D,8D,9D,10D,11D,12D,13D,18D,20D,21D,22D. The van der Waals surface area contributed by atoms with Crippen LogP contribution in [0, 0.1) is 0 Å². The van der Waals surface area contributed by atoms with Gasteiger partial charge in [-0.15, -0.1) is 0 Å². The van der Waals surface area contributed by atoms with Gasteiger partial charge in [0.15, 0.2) is 0 Å². The molecule has 0 radical (unpaired) electrons. The Bertz CT molecular complexity index is 3010. The fourth-order valence-electron chi connectivity index (χ4n) is 5.05. The first-order chi connectivity index (χ1) is 25.4. The maximum Gasteiger partial charge on any atom is 0.136 e. The van der Waals surface area contributed by atoms with Crippen molar-refractivity contribution in [2.75, 3.05) is 0 Å². The normalized spacial score (nSPS) is 18.2. The molecule has 0 atom stereocenters. The van der Waals surface area contributed by atoms with Crippen LogP contribution in [0.5, 0.6) is 0 Å². The summed E-state index contributed by atoms with van der Waals surface area (Å²) < 4.78 is 153. The third kappa shape index (κ3) is 2.92. The van der Waals surface area contributed by atoms with Crippen molar-refractivity contribution in [3.05, 3.63) is 133 Å². The number of hydrogen-bond acceptors (Lipinski definition) is 1. The first kappa shape index (κ1) is 9.88. The first-order valence-electron chi connectivity index (χ1n) is 19.8. The number of furan rings is 1. The van der Waals surface area contributed by atoms with Crippen LogP contribution in [0.3, 0.4) is 0 Å². The van der Waals surface area contributed by atoms with E-state index in [1.165, 1.54) is 30.3 Å². The van der Waals surface area contributed by atoms with Crippen LogP contribution in [0.15, 0.2) is 137 Å². The number of para-hydroxylation sites is 1. The molecule has 0 amide bonds. The lowest BCUT2D eigenvalue weighted by Gasteiger charge is -2.19. The number of hydrogen-bond donors (Lipinski definition) is 0. The van der Waals surface area contributed by atoms with Crippen LogP contribution < -0.4 is 0 Å². The molecule has 1 aromatic heterocycles. The van der Waals surface area contributed by atoms with Crippen molar-refractivity contribution in [2.45, 2.75) is 0 Å². The van der Waals surface area contributed by atoms with Crippen molar-refractivity contribution in [2.24, 2.45) is 0 Å². The summed E-state index contributed by atoms with van der Waals surface area (Å²) in [4.78, 5) is 0. The van der Waals surface area contributed by atoms with Crippen molar-refractivity contribution >= 4 is 54.3 Å². The van der Waals surface area contributed by atoms with Crippen LogP contribution in [-0.4, -0.2) is 0 Å². The van der Waals surface area contributed by atoms with E-state index in [-0.39, 0.29) is 101 Å². The lowest BCUT2D eigenvalue weighted by Crippen LogP contribution is -1.92. The molecule has 0 saturated heterocycles. The Hall–Kier alpha value is -4.88. The van der Waals surface area contributed by atoms with Crippen LogP contribution in [0.4, 0.5) is 0 Å². The maximum atomic E-state index is 9.27. The zero-order chi connectivity index (χ0) is 39.1. The summed E-state index contributed by atoms with van der Waals surface area (Å²) in [6.45, 7) is 0. The van der Waals surface area contributed by atoms with Gasteiger partial charge in [-0.2, -0.15) is 0 Å². The van der Waals surface area contributed by atoms with Crippen molar-refractivity contribution in [3.63, 3.8) is 0 Å². The molecule has 0 bridgehead atoms. The lowest BCUT2D eigenvalue weighted by atomic mass is 9.84. The lowest BCUT2D eigenvalue weighted by molar-refractivity contribution is 0.669. The van der Waals surface area contributed by atoms with Crippen LogP contribution in [0.25, 0.3) is 76.5 Å². The second kappa shape index (κ2) is 7.81. The van der Waals surface area contributed by atoms with Gasteiger partial charge in [-0.1, -0.05) is 121 Å². The van der Waals surface area contributed by atoms with Crippen molar-refractivity contribution in [3.8, 4) is 22.3 Å². The molecule has 0 aliphatic rings. The molecule has 172 valence electrons. The molecule has 0 aliphatic carbocycles.